The zero-order valence-electron chi connectivity index (χ0n) is 10.1. The van der Waals surface area contributed by atoms with Crippen LogP contribution in [-0.2, 0) is 9.47 Å². The monoisotopic (exact) mass is 235 g/mol. The molecule has 0 N–H and O–H groups in total. The van der Waals surface area contributed by atoms with Gasteiger partial charge in [-0.2, -0.15) is 0 Å². The number of ether oxygens (including phenoxy) is 2. The molecular formula is C13H17NO3. The van der Waals surface area contributed by atoms with Gasteiger partial charge in [0.2, 0.25) is 0 Å². The molecule has 0 aromatic heterocycles. The Balaban J connectivity index is 2.17. The average molecular weight is 235 g/mol. The quantitative estimate of drug-likeness (QED) is 0.749. The Labute approximate surface area is 101 Å². The van der Waals surface area contributed by atoms with Crippen molar-refractivity contribution in [1.29, 1.82) is 0 Å². The molecule has 4 heteroatoms. The lowest BCUT2D eigenvalue weighted by atomic mass is 10.0. The van der Waals surface area contributed by atoms with E-state index in [-0.39, 0.29) is 18.2 Å². The van der Waals surface area contributed by atoms with Crippen LogP contribution < -0.4 is 0 Å². The summed E-state index contributed by atoms with van der Waals surface area (Å²) in [6.07, 6.45) is -0.370. The molecule has 0 radical (unpaired) electrons. The van der Waals surface area contributed by atoms with Gasteiger partial charge in [0.05, 0.1) is 19.8 Å². The van der Waals surface area contributed by atoms with Crippen molar-refractivity contribution >= 4 is 6.09 Å². The number of hydrogen-bond acceptors (Lipinski definition) is 3. The number of carbonyl (C=O) groups is 1. The zero-order valence-corrected chi connectivity index (χ0v) is 10.1. The molecular weight excluding hydrogens is 218 g/mol. The topological polar surface area (TPSA) is 38.8 Å². The van der Waals surface area contributed by atoms with Crippen LogP contribution in [0, 0.1) is 0 Å². The number of nitrogens with zero attached hydrogens (tertiary/aromatic N) is 1. The van der Waals surface area contributed by atoms with Crippen LogP contribution in [0.4, 0.5) is 4.79 Å². The first kappa shape index (κ1) is 11.9. The maximum absolute atomic E-state index is 11.6. The fourth-order valence-electron chi connectivity index (χ4n) is 2.18. The highest BCUT2D eigenvalue weighted by Gasteiger charge is 2.33. The van der Waals surface area contributed by atoms with Gasteiger partial charge in [-0.3, -0.25) is 0 Å². The van der Waals surface area contributed by atoms with Gasteiger partial charge in [0.15, 0.2) is 0 Å². The standard InChI is InChI=1S/C13H17NO3/c1-10-12(11-6-4-3-5-7-11)17-9-8-14(10)13(15)16-2/h3-7,10,12H,8-9H2,1-2H3. The lowest BCUT2D eigenvalue weighted by Crippen LogP contribution is -2.48. The Hall–Kier alpha value is -1.55. The molecule has 0 saturated carbocycles. The fourth-order valence-corrected chi connectivity index (χ4v) is 2.18. The highest BCUT2D eigenvalue weighted by Crippen LogP contribution is 2.28. The maximum Gasteiger partial charge on any atom is 0.409 e. The van der Waals surface area contributed by atoms with Gasteiger partial charge in [-0.25, -0.2) is 4.79 Å². The van der Waals surface area contributed by atoms with Gasteiger partial charge in [-0.1, -0.05) is 30.3 Å². The van der Waals surface area contributed by atoms with Crippen molar-refractivity contribution < 1.29 is 14.3 Å². The van der Waals surface area contributed by atoms with E-state index >= 15 is 0 Å². The second-order valence-electron chi connectivity index (χ2n) is 4.11. The third-order valence-electron chi connectivity index (χ3n) is 3.10. The smallest absolute Gasteiger partial charge is 0.409 e. The van der Waals surface area contributed by atoms with E-state index in [0.29, 0.717) is 13.2 Å². The molecule has 17 heavy (non-hydrogen) atoms. The molecule has 1 aromatic carbocycles. The van der Waals surface area contributed by atoms with E-state index in [9.17, 15) is 4.79 Å². The van der Waals surface area contributed by atoms with Crippen LogP contribution in [-0.4, -0.2) is 37.3 Å². The second kappa shape index (κ2) is 5.19. The number of amides is 1. The molecule has 0 bridgehead atoms. The Bertz CT molecular complexity index is 380. The number of rotatable bonds is 1. The summed E-state index contributed by atoms with van der Waals surface area (Å²) in [4.78, 5) is 13.3. The fraction of sp³-hybridized carbons (Fsp3) is 0.462. The van der Waals surface area contributed by atoms with Gasteiger partial charge in [0, 0.05) is 6.54 Å². The van der Waals surface area contributed by atoms with Crippen molar-refractivity contribution in [2.24, 2.45) is 0 Å². The van der Waals surface area contributed by atoms with Crippen LogP contribution in [0.5, 0.6) is 0 Å². The van der Waals surface area contributed by atoms with E-state index in [1.807, 2.05) is 37.3 Å². The summed E-state index contributed by atoms with van der Waals surface area (Å²) in [5, 5.41) is 0. The van der Waals surface area contributed by atoms with Crippen molar-refractivity contribution in [3.05, 3.63) is 35.9 Å². The molecule has 92 valence electrons. The molecule has 4 nitrogen and oxygen atoms in total. The first-order chi connectivity index (χ1) is 8.24. The lowest BCUT2D eigenvalue weighted by molar-refractivity contribution is -0.0594. The van der Waals surface area contributed by atoms with Crippen LogP contribution >= 0.6 is 0 Å². The lowest BCUT2D eigenvalue weighted by Gasteiger charge is -2.38. The van der Waals surface area contributed by atoms with Crippen molar-refractivity contribution in [3.63, 3.8) is 0 Å². The zero-order chi connectivity index (χ0) is 12.3. The maximum atomic E-state index is 11.6. The van der Waals surface area contributed by atoms with Crippen molar-refractivity contribution in [2.45, 2.75) is 19.1 Å². The Kier molecular flexibility index (Phi) is 3.64. The van der Waals surface area contributed by atoms with Crippen molar-refractivity contribution in [3.8, 4) is 0 Å². The van der Waals surface area contributed by atoms with E-state index < -0.39 is 0 Å². The molecule has 2 atom stereocenters. The van der Waals surface area contributed by atoms with Gasteiger partial charge in [-0.15, -0.1) is 0 Å². The molecule has 2 rings (SSSR count). The molecule has 2 unspecified atom stereocenters. The van der Waals surface area contributed by atoms with E-state index in [0.717, 1.165) is 5.56 Å². The molecule has 0 spiro atoms. The number of hydrogen-bond donors (Lipinski definition) is 0. The van der Waals surface area contributed by atoms with Crippen LogP contribution in [0.15, 0.2) is 30.3 Å². The third-order valence-corrected chi connectivity index (χ3v) is 3.10. The summed E-state index contributed by atoms with van der Waals surface area (Å²) in [7, 11) is 1.40. The highest BCUT2D eigenvalue weighted by atomic mass is 16.5. The normalized spacial score (nSPS) is 24.5. The largest absolute Gasteiger partial charge is 0.453 e. The van der Waals surface area contributed by atoms with E-state index in [1.54, 1.807) is 4.90 Å². The van der Waals surface area contributed by atoms with Crippen LogP contribution in [0.25, 0.3) is 0 Å². The summed E-state index contributed by atoms with van der Waals surface area (Å²) in [6, 6.07) is 9.93. The number of benzene rings is 1. The van der Waals surface area contributed by atoms with Crippen molar-refractivity contribution in [2.75, 3.05) is 20.3 Å². The minimum absolute atomic E-state index is 0.0152. The van der Waals surface area contributed by atoms with E-state index in [4.69, 9.17) is 9.47 Å². The molecule has 1 amide bonds. The first-order valence-corrected chi connectivity index (χ1v) is 5.75. The molecule has 1 heterocycles. The van der Waals surface area contributed by atoms with Crippen LogP contribution in [0.3, 0.4) is 0 Å². The van der Waals surface area contributed by atoms with E-state index in [1.165, 1.54) is 7.11 Å². The van der Waals surface area contributed by atoms with Gasteiger partial charge < -0.3 is 14.4 Å². The molecule has 1 aliphatic heterocycles. The number of morpholine rings is 1. The molecule has 0 aliphatic carbocycles. The molecule has 1 aromatic rings. The van der Waals surface area contributed by atoms with Gasteiger partial charge in [-0.05, 0) is 12.5 Å². The van der Waals surface area contributed by atoms with Crippen LogP contribution in [0.2, 0.25) is 0 Å². The molecule has 1 fully saturated rings. The van der Waals surface area contributed by atoms with Crippen molar-refractivity contribution in [1.82, 2.24) is 4.90 Å². The SMILES string of the molecule is COC(=O)N1CCOC(c2ccccc2)C1C. The Morgan fingerprint density at radius 2 is 2.12 bits per heavy atom. The summed E-state index contributed by atoms with van der Waals surface area (Å²) < 4.78 is 10.5. The molecule has 1 aliphatic rings. The predicted octanol–water partition coefficient (Wildman–Crippen LogP) is 2.21. The van der Waals surface area contributed by atoms with Crippen LogP contribution in [0.1, 0.15) is 18.6 Å². The average Bonchev–Trinajstić information content (AvgIpc) is 2.39. The third kappa shape index (κ3) is 2.42. The summed E-state index contributed by atoms with van der Waals surface area (Å²) >= 11 is 0. The Morgan fingerprint density at radius 3 is 2.76 bits per heavy atom. The molecule has 1 saturated heterocycles. The number of methoxy groups -OCH3 is 1. The summed E-state index contributed by atoms with van der Waals surface area (Å²) in [5.74, 6) is 0. The first-order valence-electron chi connectivity index (χ1n) is 5.75. The van der Waals surface area contributed by atoms with E-state index in [2.05, 4.69) is 0 Å². The second-order valence-corrected chi connectivity index (χ2v) is 4.11. The van der Waals surface area contributed by atoms with Gasteiger partial charge in [0.1, 0.15) is 6.10 Å². The highest BCUT2D eigenvalue weighted by molar-refractivity contribution is 5.68. The number of carbonyl (C=O) groups excluding carboxylic acids is 1. The predicted molar refractivity (Wildman–Crippen MR) is 63.7 cm³/mol. The minimum atomic E-state index is -0.290. The Morgan fingerprint density at radius 1 is 1.41 bits per heavy atom. The summed E-state index contributed by atoms with van der Waals surface area (Å²) in [5.41, 5.74) is 1.09. The minimum Gasteiger partial charge on any atom is -0.453 e. The van der Waals surface area contributed by atoms with Gasteiger partial charge in [0.25, 0.3) is 0 Å². The summed E-state index contributed by atoms with van der Waals surface area (Å²) in [6.45, 7) is 3.10. The van der Waals surface area contributed by atoms with Gasteiger partial charge >= 0.3 is 6.09 Å².